The van der Waals surface area contributed by atoms with E-state index in [1.807, 2.05) is 0 Å². The van der Waals surface area contributed by atoms with Crippen molar-refractivity contribution in [3.05, 3.63) is 59.9 Å². The fourth-order valence-corrected chi connectivity index (χ4v) is 5.00. The Balaban J connectivity index is 1.30. The van der Waals surface area contributed by atoms with Gasteiger partial charge in [0.1, 0.15) is 0 Å². The lowest BCUT2D eigenvalue weighted by Crippen LogP contribution is -2.44. The molecule has 0 spiro atoms. The SMILES string of the molecule is CCN1C=CN(C2CCN([C@@H]3Cc4cccc5cccc3c45)CC2)C1. The van der Waals surface area contributed by atoms with Crippen LogP contribution in [0.25, 0.3) is 10.8 Å². The van der Waals surface area contributed by atoms with Crippen molar-refractivity contribution in [2.24, 2.45) is 0 Å². The molecule has 0 aromatic heterocycles. The summed E-state index contributed by atoms with van der Waals surface area (Å²) >= 11 is 0. The predicted octanol–water partition coefficient (Wildman–Crippen LogP) is 3.97. The van der Waals surface area contributed by atoms with E-state index in [9.17, 15) is 0 Å². The van der Waals surface area contributed by atoms with Crippen LogP contribution in [-0.4, -0.2) is 47.0 Å². The average molecular weight is 333 g/mol. The molecule has 3 aliphatic rings. The van der Waals surface area contributed by atoms with Crippen LogP contribution in [0.3, 0.4) is 0 Å². The Morgan fingerprint density at radius 3 is 2.56 bits per heavy atom. The second kappa shape index (κ2) is 6.06. The molecule has 0 bridgehead atoms. The van der Waals surface area contributed by atoms with E-state index in [2.05, 4.69) is 70.4 Å². The summed E-state index contributed by atoms with van der Waals surface area (Å²) in [4.78, 5) is 7.67. The molecular formula is C22H27N3. The van der Waals surface area contributed by atoms with Crippen molar-refractivity contribution in [3.63, 3.8) is 0 Å². The van der Waals surface area contributed by atoms with Crippen LogP contribution in [0.5, 0.6) is 0 Å². The molecule has 1 saturated heterocycles. The van der Waals surface area contributed by atoms with Crippen LogP contribution in [0.15, 0.2) is 48.8 Å². The molecule has 1 atom stereocenters. The molecule has 5 rings (SSSR count). The number of benzene rings is 2. The van der Waals surface area contributed by atoms with E-state index in [4.69, 9.17) is 0 Å². The topological polar surface area (TPSA) is 9.72 Å². The highest BCUT2D eigenvalue weighted by molar-refractivity contribution is 5.91. The fraction of sp³-hybridized carbons (Fsp3) is 0.455. The Hall–Kier alpha value is -2.00. The normalized spacial score (nSPS) is 24.0. The third kappa shape index (κ3) is 2.53. The lowest BCUT2D eigenvalue weighted by atomic mass is 9.99. The van der Waals surface area contributed by atoms with Gasteiger partial charge >= 0.3 is 0 Å². The molecule has 0 amide bonds. The van der Waals surface area contributed by atoms with E-state index in [1.54, 1.807) is 11.1 Å². The van der Waals surface area contributed by atoms with Gasteiger partial charge in [0.15, 0.2) is 0 Å². The monoisotopic (exact) mass is 333 g/mol. The number of hydrogen-bond acceptors (Lipinski definition) is 3. The summed E-state index contributed by atoms with van der Waals surface area (Å²) in [6, 6.07) is 15.0. The molecule has 0 unspecified atom stereocenters. The minimum atomic E-state index is 0.586. The van der Waals surface area contributed by atoms with Gasteiger partial charge in [-0.05, 0) is 48.1 Å². The third-order valence-corrected chi connectivity index (χ3v) is 6.42. The van der Waals surface area contributed by atoms with Crippen molar-refractivity contribution in [2.45, 2.75) is 38.3 Å². The van der Waals surface area contributed by atoms with Crippen molar-refractivity contribution in [1.29, 1.82) is 0 Å². The predicted molar refractivity (Wildman–Crippen MR) is 103 cm³/mol. The van der Waals surface area contributed by atoms with Crippen LogP contribution in [-0.2, 0) is 6.42 Å². The summed E-state index contributed by atoms with van der Waals surface area (Å²) in [5, 5.41) is 2.94. The number of hydrogen-bond donors (Lipinski definition) is 0. The molecule has 3 heteroatoms. The van der Waals surface area contributed by atoms with Gasteiger partial charge in [-0.25, -0.2) is 0 Å². The minimum absolute atomic E-state index is 0.586. The molecule has 1 fully saturated rings. The summed E-state index contributed by atoms with van der Waals surface area (Å²) in [6.45, 7) is 6.85. The zero-order valence-electron chi connectivity index (χ0n) is 15.1. The largest absolute Gasteiger partial charge is 0.359 e. The third-order valence-electron chi connectivity index (χ3n) is 6.42. The first kappa shape index (κ1) is 15.3. The molecule has 130 valence electrons. The van der Waals surface area contributed by atoms with Gasteiger partial charge in [-0.2, -0.15) is 0 Å². The highest BCUT2D eigenvalue weighted by Crippen LogP contribution is 2.41. The molecule has 25 heavy (non-hydrogen) atoms. The van der Waals surface area contributed by atoms with Crippen LogP contribution in [0.1, 0.15) is 36.9 Å². The standard InChI is InChI=1S/C22H27N3/c1-2-23-13-14-25(16-23)19-9-11-24(12-10-19)21-15-18-7-3-5-17-6-4-8-20(21)22(17)18/h3-8,13-14,19,21H,2,9-12,15-16H2,1H3/t21-/m1/s1. The second-order valence-corrected chi connectivity index (χ2v) is 7.71. The van der Waals surface area contributed by atoms with Crippen molar-refractivity contribution in [3.8, 4) is 0 Å². The first-order valence-corrected chi connectivity index (χ1v) is 9.76. The lowest BCUT2D eigenvalue weighted by Gasteiger charge is -2.40. The molecular weight excluding hydrogens is 306 g/mol. The Morgan fingerprint density at radius 2 is 1.80 bits per heavy atom. The zero-order valence-corrected chi connectivity index (χ0v) is 15.1. The first-order valence-electron chi connectivity index (χ1n) is 9.76. The quantitative estimate of drug-likeness (QED) is 0.841. The van der Waals surface area contributed by atoms with Crippen LogP contribution < -0.4 is 0 Å². The van der Waals surface area contributed by atoms with E-state index in [0.29, 0.717) is 12.1 Å². The summed E-state index contributed by atoms with van der Waals surface area (Å²) in [5.41, 5.74) is 3.10. The van der Waals surface area contributed by atoms with Gasteiger partial charge in [-0.3, -0.25) is 4.90 Å². The molecule has 0 N–H and O–H groups in total. The maximum absolute atomic E-state index is 2.74. The lowest BCUT2D eigenvalue weighted by molar-refractivity contribution is 0.0982. The Morgan fingerprint density at radius 1 is 1.00 bits per heavy atom. The smallest absolute Gasteiger partial charge is 0.0896 e. The highest BCUT2D eigenvalue weighted by atomic mass is 15.4. The van der Waals surface area contributed by atoms with E-state index in [1.165, 1.54) is 43.1 Å². The van der Waals surface area contributed by atoms with Crippen LogP contribution in [0.4, 0.5) is 0 Å². The molecule has 2 aliphatic heterocycles. The Labute approximate surface area is 150 Å². The molecule has 0 radical (unpaired) electrons. The number of nitrogens with zero attached hydrogens (tertiary/aromatic N) is 3. The average Bonchev–Trinajstić information content (AvgIpc) is 3.29. The summed E-state index contributed by atoms with van der Waals surface area (Å²) in [7, 11) is 0. The molecule has 1 aliphatic carbocycles. The summed E-state index contributed by atoms with van der Waals surface area (Å²) in [5.74, 6) is 0. The van der Waals surface area contributed by atoms with Gasteiger partial charge in [-0.15, -0.1) is 0 Å². The van der Waals surface area contributed by atoms with Crippen LogP contribution >= 0.6 is 0 Å². The van der Waals surface area contributed by atoms with Crippen molar-refractivity contribution in [2.75, 3.05) is 26.3 Å². The van der Waals surface area contributed by atoms with E-state index < -0.39 is 0 Å². The van der Waals surface area contributed by atoms with E-state index in [0.717, 1.165) is 13.2 Å². The molecule has 2 aromatic rings. The van der Waals surface area contributed by atoms with Crippen LogP contribution in [0.2, 0.25) is 0 Å². The van der Waals surface area contributed by atoms with Gasteiger partial charge < -0.3 is 9.80 Å². The highest BCUT2D eigenvalue weighted by Gasteiger charge is 2.33. The molecule has 3 nitrogen and oxygen atoms in total. The minimum Gasteiger partial charge on any atom is -0.359 e. The summed E-state index contributed by atoms with van der Waals surface area (Å²) in [6.07, 6.45) is 8.31. The van der Waals surface area contributed by atoms with Crippen molar-refractivity contribution >= 4 is 10.8 Å². The van der Waals surface area contributed by atoms with Crippen molar-refractivity contribution in [1.82, 2.24) is 14.7 Å². The number of likely N-dealkylation sites (tertiary alicyclic amines) is 1. The van der Waals surface area contributed by atoms with Gasteiger partial charge in [0.05, 0.1) is 6.67 Å². The molecule has 0 saturated carbocycles. The number of piperidine rings is 1. The Bertz CT molecular complexity index is 799. The fourth-order valence-electron chi connectivity index (χ4n) is 5.00. The number of rotatable bonds is 3. The van der Waals surface area contributed by atoms with E-state index >= 15 is 0 Å². The molecule has 2 aromatic carbocycles. The molecule has 2 heterocycles. The zero-order chi connectivity index (χ0) is 16.8. The maximum Gasteiger partial charge on any atom is 0.0896 e. The van der Waals surface area contributed by atoms with E-state index in [-0.39, 0.29) is 0 Å². The van der Waals surface area contributed by atoms with Gasteiger partial charge in [0.2, 0.25) is 0 Å². The Kier molecular flexibility index (Phi) is 3.70. The maximum atomic E-state index is 2.74. The van der Waals surface area contributed by atoms with Crippen LogP contribution in [0, 0.1) is 0 Å². The second-order valence-electron chi connectivity index (χ2n) is 7.71. The summed E-state index contributed by atoms with van der Waals surface area (Å²) < 4.78 is 0. The van der Waals surface area contributed by atoms with Gasteiger partial charge in [-0.1, -0.05) is 36.4 Å². The first-order chi connectivity index (χ1) is 12.3. The van der Waals surface area contributed by atoms with Gasteiger partial charge in [0, 0.05) is 44.1 Å². The van der Waals surface area contributed by atoms with Crippen molar-refractivity contribution < 1.29 is 0 Å². The van der Waals surface area contributed by atoms with Gasteiger partial charge in [0.25, 0.3) is 0 Å².